The first-order valence-corrected chi connectivity index (χ1v) is 22.4. The fourth-order valence-corrected chi connectivity index (χ4v) is 10.1. The normalized spacial score (nSPS) is 18.4. The molecule has 4 atom stereocenters. The van der Waals surface area contributed by atoms with Crippen LogP contribution in [0.25, 0.3) is 0 Å². The zero-order valence-electron chi connectivity index (χ0n) is 33.2. The predicted octanol–water partition coefficient (Wildman–Crippen LogP) is 5.57. The largest absolute Gasteiger partial charge is 0.478 e. The van der Waals surface area contributed by atoms with E-state index in [0.717, 1.165) is 24.8 Å². The minimum absolute atomic E-state index is 0.0646. The molecule has 5 rings (SSSR count). The van der Waals surface area contributed by atoms with Crippen molar-refractivity contribution in [3.63, 3.8) is 0 Å². The summed E-state index contributed by atoms with van der Waals surface area (Å²) < 4.78 is 5.47. The van der Waals surface area contributed by atoms with Gasteiger partial charge in [-0.05, 0) is 106 Å². The Labute approximate surface area is 329 Å². The molecule has 1 fully saturated rings. The Bertz CT molecular complexity index is 1960. The number of amides is 5. The van der Waals surface area contributed by atoms with Crippen LogP contribution in [0.5, 0.6) is 0 Å². The maximum atomic E-state index is 14.7. The maximum absolute atomic E-state index is 14.7. The third-order valence-corrected chi connectivity index (χ3v) is 13.0. The van der Waals surface area contributed by atoms with E-state index in [1.54, 1.807) is 56.9 Å². The average molecular weight is 784 g/mol. The van der Waals surface area contributed by atoms with E-state index < -0.39 is 61.6 Å². The van der Waals surface area contributed by atoms with Gasteiger partial charge < -0.3 is 30.7 Å². The monoisotopic (exact) mass is 783 g/mol. The SMILES string of the molecule is C[C@@H](C(=O)N[C@@H](Cc1ccc(NC(=O)c2ccc(C(=O)O)cc2)cc1)C(=O)N1C[Si](C)(C)C[C@H]1C(=O)N[C@@H]1CCCc2ccccc21)N(C)C(=O)OC(C)(C)C. The van der Waals surface area contributed by atoms with Crippen molar-refractivity contribution in [2.75, 3.05) is 18.5 Å². The Hall–Kier alpha value is -5.50. The molecule has 2 aliphatic rings. The Morgan fingerprint density at radius 2 is 1.59 bits per heavy atom. The Balaban J connectivity index is 1.36. The van der Waals surface area contributed by atoms with Gasteiger partial charge in [-0.25, -0.2) is 9.59 Å². The zero-order valence-corrected chi connectivity index (χ0v) is 34.2. The van der Waals surface area contributed by atoms with Gasteiger partial charge >= 0.3 is 12.1 Å². The van der Waals surface area contributed by atoms with Crippen LogP contribution in [-0.2, 0) is 32.0 Å². The number of carbonyl (C=O) groups excluding carboxylic acids is 5. The van der Waals surface area contributed by atoms with Gasteiger partial charge in [-0.3, -0.25) is 24.1 Å². The number of nitrogens with zero attached hydrogens (tertiary/aromatic N) is 2. The molecule has 0 bridgehead atoms. The molecule has 3 aromatic carbocycles. The molecule has 0 unspecified atom stereocenters. The average Bonchev–Trinajstić information content (AvgIpc) is 3.49. The number of anilines is 1. The summed E-state index contributed by atoms with van der Waals surface area (Å²) in [5.74, 6) is -2.69. The molecule has 0 aromatic heterocycles. The van der Waals surface area contributed by atoms with Gasteiger partial charge in [-0.1, -0.05) is 49.5 Å². The number of hydrogen-bond acceptors (Lipinski definition) is 7. The molecule has 298 valence electrons. The minimum Gasteiger partial charge on any atom is -0.478 e. The molecule has 13 nitrogen and oxygen atoms in total. The van der Waals surface area contributed by atoms with Gasteiger partial charge in [0.25, 0.3) is 5.91 Å². The van der Waals surface area contributed by atoms with Crippen molar-refractivity contribution in [2.24, 2.45) is 0 Å². The zero-order chi connectivity index (χ0) is 40.9. The van der Waals surface area contributed by atoms with Crippen molar-refractivity contribution in [3.05, 3.63) is 101 Å². The van der Waals surface area contributed by atoms with E-state index in [4.69, 9.17) is 9.84 Å². The lowest BCUT2D eigenvalue weighted by molar-refractivity contribution is -0.141. The molecule has 5 amide bonds. The molecule has 14 heteroatoms. The van der Waals surface area contributed by atoms with E-state index in [1.807, 2.05) is 18.2 Å². The number of benzene rings is 3. The number of ether oxygens (including phenoxy) is 1. The van der Waals surface area contributed by atoms with E-state index in [-0.39, 0.29) is 29.5 Å². The standard InChI is InChI=1S/C42H53N5O8Si/c1-26(46(5)41(54)55-42(2,3)4)36(48)45-34(23-27-15-21-31(22-16-27)43-37(49)29-17-19-30(20-18-29)40(52)53)39(51)47-25-56(6,7)24-35(47)38(50)44-33-14-10-12-28-11-8-9-13-32(28)33/h8-9,11,13,15-22,26,33-35H,10,12,14,23-25H2,1-7H3,(H,43,49)(H,44,50)(H,45,48)(H,52,53)/t26-,33+,34-,35-/m0/s1. The molecule has 3 aromatic rings. The number of carbonyl (C=O) groups is 6. The van der Waals surface area contributed by atoms with Gasteiger partial charge in [0.05, 0.1) is 19.7 Å². The highest BCUT2D eigenvalue weighted by Gasteiger charge is 2.47. The van der Waals surface area contributed by atoms with Crippen LogP contribution in [0.4, 0.5) is 10.5 Å². The smallest absolute Gasteiger partial charge is 0.410 e. The van der Waals surface area contributed by atoms with E-state index >= 15 is 0 Å². The van der Waals surface area contributed by atoms with Crippen molar-refractivity contribution in [1.29, 1.82) is 0 Å². The molecule has 1 aliphatic heterocycles. The van der Waals surface area contributed by atoms with E-state index in [1.165, 1.54) is 41.8 Å². The van der Waals surface area contributed by atoms with E-state index in [0.29, 0.717) is 23.5 Å². The second kappa shape index (κ2) is 17.1. The highest BCUT2D eigenvalue weighted by Crippen LogP contribution is 2.32. The summed E-state index contributed by atoms with van der Waals surface area (Å²) in [6, 6.07) is 18.1. The fraction of sp³-hybridized carbons (Fsp3) is 0.429. The summed E-state index contributed by atoms with van der Waals surface area (Å²) in [6.07, 6.45) is 2.52. The highest BCUT2D eigenvalue weighted by molar-refractivity contribution is 6.79. The van der Waals surface area contributed by atoms with Gasteiger partial charge in [0.1, 0.15) is 23.7 Å². The first-order chi connectivity index (χ1) is 26.3. The Kier molecular flexibility index (Phi) is 12.7. The second-order valence-electron chi connectivity index (χ2n) is 16.6. The third kappa shape index (κ3) is 10.4. The van der Waals surface area contributed by atoms with E-state index in [9.17, 15) is 28.8 Å². The van der Waals surface area contributed by atoms with Crippen molar-refractivity contribution in [1.82, 2.24) is 20.4 Å². The first kappa shape index (κ1) is 41.7. The molecule has 56 heavy (non-hydrogen) atoms. The number of aromatic carboxylic acids is 1. The van der Waals surface area contributed by atoms with Crippen LogP contribution >= 0.6 is 0 Å². The number of likely N-dealkylation sites (N-methyl/N-ethyl adjacent to an activating group) is 1. The number of aryl methyl sites for hydroxylation is 1. The number of rotatable bonds is 11. The van der Waals surface area contributed by atoms with Gasteiger partial charge in [0, 0.05) is 30.9 Å². The van der Waals surface area contributed by atoms with Gasteiger partial charge in [-0.15, -0.1) is 0 Å². The number of fused-ring (bicyclic) bond motifs is 1. The number of hydrogen-bond donors (Lipinski definition) is 4. The molecule has 1 heterocycles. The first-order valence-electron chi connectivity index (χ1n) is 19.0. The van der Waals surface area contributed by atoms with Crippen molar-refractivity contribution < 1.29 is 38.6 Å². The highest BCUT2D eigenvalue weighted by atomic mass is 28.3. The second-order valence-corrected chi connectivity index (χ2v) is 21.6. The van der Waals surface area contributed by atoms with Gasteiger partial charge in [-0.2, -0.15) is 0 Å². The van der Waals surface area contributed by atoms with Gasteiger partial charge in [0.2, 0.25) is 17.7 Å². The molecular weight excluding hydrogens is 731 g/mol. The van der Waals surface area contributed by atoms with E-state index in [2.05, 4.69) is 35.1 Å². The van der Waals surface area contributed by atoms with Crippen LogP contribution in [0.15, 0.2) is 72.8 Å². The topological polar surface area (TPSA) is 174 Å². The van der Waals surface area contributed by atoms with Crippen molar-refractivity contribution in [3.8, 4) is 0 Å². The quantitative estimate of drug-likeness (QED) is 0.183. The molecular formula is C42H53N5O8Si. The minimum atomic E-state index is -2.05. The number of carboxylic acids is 1. The molecule has 0 spiro atoms. The van der Waals surface area contributed by atoms with Crippen LogP contribution in [-0.4, -0.2) is 95.6 Å². The van der Waals surface area contributed by atoms with Crippen molar-refractivity contribution in [2.45, 2.75) is 102 Å². The lowest BCUT2D eigenvalue weighted by atomic mass is 9.87. The summed E-state index contributed by atoms with van der Waals surface area (Å²) in [7, 11) is -0.592. The lowest BCUT2D eigenvalue weighted by Crippen LogP contribution is -2.57. The molecule has 4 N–H and O–H groups in total. The predicted molar refractivity (Wildman–Crippen MR) is 215 cm³/mol. The summed E-state index contributed by atoms with van der Waals surface area (Å²) >= 11 is 0. The summed E-state index contributed by atoms with van der Waals surface area (Å²) in [5.41, 5.74) is 3.02. The van der Waals surface area contributed by atoms with Crippen LogP contribution < -0.4 is 16.0 Å². The van der Waals surface area contributed by atoms with Crippen LogP contribution in [0, 0.1) is 0 Å². The van der Waals surface area contributed by atoms with Crippen LogP contribution in [0.3, 0.4) is 0 Å². The Morgan fingerprint density at radius 3 is 2.23 bits per heavy atom. The van der Waals surface area contributed by atoms with Crippen LogP contribution in [0.2, 0.25) is 19.1 Å². The van der Waals surface area contributed by atoms with Crippen LogP contribution in [0.1, 0.15) is 84.0 Å². The molecule has 0 radical (unpaired) electrons. The summed E-state index contributed by atoms with van der Waals surface area (Å²) in [4.78, 5) is 82.3. The number of carboxylic acid groups (broad SMARTS) is 1. The third-order valence-electron chi connectivity index (χ3n) is 10.3. The lowest BCUT2D eigenvalue weighted by Gasteiger charge is -2.33. The van der Waals surface area contributed by atoms with Crippen molar-refractivity contribution >= 4 is 49.5 Å². The Morgan fingerprint density at radius 1 is 0.946 bits per heavy atom. The summed E-state index contributed by atoms with van der Waals surface area (Å²) in [6.45, 7) is 11.0. The fourth-order valence-electron chi connectivity index (χ4n) is 7.19. The summed E-state index contributed by atoms with van der Waals surface area (Å²) in [5, 5.41) is 18.1. The maximum Gasteiger partial charge on any atom is 0.410 e. The van der Waals surface area contributed by atoms with Gasteiger partial charge in [0.15, 0.2) is 0 Å². The molecule has 1 aliphatic carbocycles. The molecule has 1 saturated heterocycles. The molecule has 0 saturated carbocycles. The number of nitrogens with one attached hydrogen (secondary N) is 3.